The highest BCUT2D eigenvalue weighted by molar-refractivity contribution is 5.92. The minimum atomic E-state index is -0.222. The number of rotatable bonds is 10. The molecule has 3 aromatic rings. The van der Waals surface area contributed by atoms with Gasteiger partial charge in [-0.05, 0) is 53.8 Å². The Balaban J connectivity index is 1.47. The first kappa shape index (κ1) is 22.2. The molecule has 7 nitrogen and oxygen atoms in total. The topological polar surface area (TPSA) is 74.6 Å². The van der Waals surface area contributed by atoms with Crippen molar-refractivity contribution in [2.45, 2.75) is 32.9 Å². The molecule has 1 heterocycles. The number of hydrogen-bond donors (Lipinski definition) is 1. The molecule has 0 aliphatic heterocycles. The van der Waals surface area contributed by atoms with E-state index in [1.165, 1.54) is 5.56 Å². The van der Waals surface area contributed by atoms with Gasteiger partial charge in [-0.2, -0.15) is 5.10 Å². The largest absolute Gasteiger partial charge is 0.493 e. The molecule has 0 atom stereocenters. The monoisotopic (exact) mass is 423 g/mol. The van der Waals surface area contributed by atoms with Gasteiger partial charge in [0.05, 0.1) is 14.2 Å². The maximum Gasteiger partial charge on any atom is 0.271 e. The molecular formula is C24H29N3O4. The van der Waals surface area contributed by atoms with E-state index in [1.54, 1.807) is 31.2 Å². The van der Waals surface area contributed by atoms with E-state index in [0.29, 0.717) is 36.1 Å². The van der Waals surface area contributed by atoms with Crippen molar-refractivity contribution in [1.29, 1.82) is 0 Å². The summed E-state index contributed by atoms with van der Waals surface area (Å²) in [5, 5.41) is 7.18. The molecule has 3 rings (SSSR count). The molecular weight excluding hydrogens is 394 g/mol. The molecule has 1 aromatic heterocycles. The summed E-state index contributed by atoms with van der Waals surface area (Å²) >= 11 is 0. The van der Waals surface area contributed by atoms with Crippen LogP contribution in [0.2, 0.25) is 0 Å². The molecule has 7 heteroatoms. The molecule has 0 unspecified atom stereocenters. The molecule has 2 aromatic carbocycles. The highest BCUT2D eigenvalue weighted by Crippen LogP contribution is 2.27. The number of nitrogens with one attached hydrogen (secondary N) is 1. The molecule has 0 saturated heterocycles. The first-order valence-corrected chi connectivity index (χ1v) is 10.3. The molecule has 0 radical (unpaired) electrons. The lowest BCUT2D eigenvalue weighted by Gasteiger charge is -2.10. The van der Waals surface area contributed by atoms with E-state index in [9.17, 15) is 4.79 Å². The van der Waals surface area contributed by atoms with Crippen LogP contribution in [0.5, 0.6) is 17.2 Å². The Hall–Kier alpha value is -3.48. The van der Waals surface area contributed by atoms with E-state index in [2.05, 4.69) is 36.4 Å². The van der Waals surface area contributed by atoms with Crippen LogP contribution in [0.4, 0.5) is 0 Å². The van der Waals surface area contributed by atoms with E-state index in [1.807, 2.05) is 30.3 Å². The van der Waals surface area contributed by atoms with Crippen molar-refractivity contribution in [2.24, 2.45) is 0 Å². The van der Waals surface area contributed by atoms with Gasteiger partial charge in [-0.25, -0.2) is 4.68 Å². The fourth-order valence-electron chi connectivity index (χ4n) is 3.09. The summed E-state index contributed by atoms with van der Waals surface area (Å²) in [7, 11) is 3.20. The Kier molecular flexibility index (Phi) is 7.54. The average Bonchev–Trinajstić information content (AvgIpc) is 3.27. The smallest absolute Gasteiger partial charge is 0.271 e. The Labute approximate surface area is 182 Å². The van der Waals surface area contributed by atoms with Gasteiger partial charge in [0.15, 0.2) is 18.2 Å². The summed E-state index contributed by atoms with van der Waals surface area (Å²) in [5.74, 6) is 2.37. The molecule has 1 amide bonds. The van der Waals surface area contributed by atoms with Crippen LogP contribution in [0, 0.1) is 0 Å². The third-order valence-electron chi connectivity index (χ3n) is 4.93. The van der Waals surface area contributed by atoms with Crippen LogP contribution in [0.15, 0.2) is 54.7 Å². The maximum atomic E-state index is 12.4. The van der Waals surface area contributed by atoms with Crippen molar-refractivity contribution in [3.63, 3.8) is 0 Å². The van der Waals surface area contributed by atoms with Gasteiger partial charge in [0.25, 0.3) is 5.91 Å². The van der Waals surface area contributed by atoms with Crippen LogP contribution in [0.25, 0.3) is 0 Å². The zero-order valence-corrected chi connectivity index (χ0v) is 18.4. The van der Waals surface area contributed by atoms with Gasteiger partial charge in [0.1, 0.15) is 11.4 Å². The average molecular weight is 424 g/mol. The minimum Gasteiger partial charge on any atom is -0.493 e. The molecule has 0 aliphatic rings. The number of carbonyl (C=O) groups is 1. The molecule has 0 aliphatic carbocycles. The van der Waals surface area contributed by atoms with E-state index >= 15 is 0 Å². The third-order valence-corrected chi connectivity index (χ3v) is 4.93. The Morgan fingerprint density at radius 2 is 1.77 bits per heavy atom. The number of carbonyl (C=O) groups excluding carboxylic acids is 1. The van der Waals surface area contributed by atoms with Crippen molar-refractivity contribution in [2.75, 3.05) is 20.8 Å². The minimum absolute atomic E-state index is 0.222. The molecule has 164 valence electrons. The van der Waals surface area contributed by atoms with Crippen LogP contribution in [0.1, 0.15) is 41.4 Å². The number of nitrogens with zero attached hydrogens (tertiary/aromatic N) is 2. The van der Waals surface area contributed by atoms with Crippen molar-refractivity contribution in [3.05, 3.63) is 71.5 Å². The van der Waals surface area contributed by atoms with Crippen LogP contribution >= 0.6 is 0 Å². The summed E-state index contributed by atoms with van der Waals surface area (Å²) in [6, 6.07) is 15.4. The first-order chi connectivity index (χ1) is 15.0. The lowest BCUT2D eigenvalue weighted by atomic mass is 10.0. The van der Waals surface area contributed by atoms with E-state index < -0.39 is 0 Å². The SMILES string of the molecule is COc1ccc(CCNC(=O)c2ccn(COc3ccc(C(C)C)cc3)n2)cc1OC. The second-order valence-electron chi connectivity index (χ2n) is 7.43. The summed E-state index contributed by atoms with van der Waals surface area (Å²) in [4.78, 5) is 12.4. The molecule has 1 N–H and O–H groups in total. The summed E-state index contributed by atoms with van der Waals surface area (Å²) in [6.07, 6.45) is 2.40. The van der Waals surface area contributed by atoms with E-state index in [-0.39, 0.29) is 12.6 Å². The number of methoxy groups -OCH3 is 2. The van der Waals surface area contributed by atoms with Crippen molar-refractivity contribution < 1.29 is 19.0 Å². The normalized spacial score (nSPS) is 10.7. The lowest BCUT2D eigenvalue weighted by molar-refractivity contribution is 0.0947. The predicted molar refractivity (Wildman–Crippen MR) is 119 cm³/mol. The zero-order valence-electron chi connectivity index (χ0n) is 18.4. The van der Waals surface area contributed by atoms with Gasteiger partial charge in [-0.3, -0.25) is 4.79 Å². The zero-order chi connectivity index (χ0) is 22.2. The second-order valence-corrected chi connectivity index (χ2v) is 7.43. The fourth-order valence-corrected chi connectivity index (χ4v) is 3.09. The number of ether oxygens (including phenoxy) is 3. The molecule has 0 spiro atoms. The summed E-state index contributed by atoms with van der Waals surface area (Å²) < 4.78 is 17.9. The van der Waals surface area contributed by atoms with Gasteiger partial charge in [-0.15, -0.1) is 0 Å². The van der Waals surface area contributed by atoms with Crippen molar-refractivity contribution in [3.8, 4) is 17.2 Å². The van der Waals surface area contributed by atoms with Crippen molar-refractivity contribution >= 4 is 5.91 Å². The molecule has 0 bridgehead atoms. The van der Waals surface area contributed by atoms with Gasteiger partial charge in [-0.1, -0.05) is 32.0 Å². The van der Waals surface area contributed by atoms with Crippen LogP contribution < -0.4 is 19.5 Å². The number of aromatic nitrogens is 2. The highest BCUT2D eigenvalue weighted by atomic mass is 16.5. The van der Waals surface area contributed by atoms with E-state index in [4.69, 9.17) is 14.2 Å². The predicted octanol–water partition coefficient (Wildman–Crippen LogP) is 4.03. The van der Waals surface area contributed by atoms with Crippen LogP contribution in [-0.2, 0) is 13.2 Å². The number of hydrogen-bond acceptors (Lipinski definition) is 5. The lowest BCUT2D eigenvalue weighted by Crippen LogP contribution is -2.26. The molecule has 0 saturated carbocycles. The van der Waals surface area contributed by atoms with Gasteiger partial charge >= 0.3 is 0 Å². The quantitative estimate of drug-likeness (QED) is 0.533. The molecule has 0 fully saturated rings. The molecule has 31 heavy (non-hydrogen) atoms. The van der Waals surface area contributed by atoms with Gasteiger partial charge in [0.2, 0.25) is 0 Å². The Bertz CT molecular complexity index is 996. The summed E-state index contributed by atoms with van der Waals surface area (Å²) in [5.41, 5.74) is 2.66. The third kappa shape index (κ3) is 6.01. The maximum absolute atomic E-state index is 12.4. The van der Waals surface area contributed by atoms with Gasteiger partial charge in [0, 0.05) is 12.7 Å². The standard InChI is InChI=1S/C24H29N3O4/c1-17(2)19-6-8-20(9-7-19)31-16-27-14-12-21(26-27)24(28)25-13-11-18-5-10-22(29-3)23(15-18)30-4/h5-10,12,14-15,17H,11,13,16H2,1-4H3,(H,25,28). The van der Waals surface area contributed by atoms with Gasteiger partial charge < -0.3 is 19.5 Å². The second kappa shape index (κ2) is 10.5. The number of benzene rings is 2. The highest BCUT2D eigenvalue weighted by Gasteiger charge is 2.10. The van der Waals surface area contributed by atoms with Crippen LogP contribution in [-0.4, -0.2) is 36.5 Å². The van der Waals surface area contributed by atoms with Crippen molar-refractivity contribution in [1.82, 2.24) is 15.1 Å². The van der Waals surface area contributed by atoms with Crippen LogP contribution in [0.3, 0.4) is 0 Å². The van der Waals surface area contributed by atoms with E-state index in [0.717, 1.165) is 11.3 Å². The first-order valence-electron chi connectivity index (χ1n) is 10.3. The summed E-state index contributed by atoms with van der Waals surface area (Å²) in [6.45, 7) is 5.03. The Morgan fingerprint density at radius 3 is 2.45 bits per heavy atom. The number of amides is 1. The fraction of sp³-hybridized carbons (Fsp3) is 0.333. The Morgan fingerprint density at radius 1 is 1.03 bits per heavy atom.